The van der Waals surface area contributed by atoms with Crippen LogP contribution >= 0.6 is 0 Å². The van der Waals surface area contributed by atoms with Crippen LogP contribution in [0.15, 0.2) is 0 Å². The van der Waals surface area contributed by atoms with E-state index in [0.29, 0.717) is 33.0 Å². The third kappa shape index (κ3) is 20.5. The molecule has 4 heteroatoms. The minimum absolute atomic E-state index is 0.411. The molecule has 0 fully saturated rings. The van der Waals surface area contributed by atoms with E-state index in [0.717, 1.165) is 38.9 Å². The molecule has 0 spiro atoms. The van der Waals surface area contributed by atoms with Crippen LogP contribution in [0.2, 0.25) is 0 Å². The van der Waals surface area contributed by atoms with Gasteiger partial charge in [0.05, 0.1) is 0 Å². The molecular formula is C19H28O4. The summed E-state index contributed by atoms with van der Waals surface area (Å²) in [6.07, 6.45) is 4.40. The molecule has 4 nitrogen and oxygen atoms in total. The predicted octanol–water partition coefficient (Wildman–Crippen LogP) is 2.27. The molecule has 0 unspecified atom stereocenters. The van der Waals surface area contributed by atoms with Crippen molar-refractivity contribution in [2.75, 3.05) is 53.4 Å². The van der Waals surface area contributed by atoms with Gasteiger partial charge in [0.1, 0.15) is 33.0 Å². The van der Waals surface area contributed by atoms with Crippen molar-refractivity contribution in [1.29, 1.82) is 0 Å². The number of unbranched alkanes of at least 4 members (excludes halogenated alkanes) is 3. The summed E-state index contributed by atoms with van der Waals surface area (Å²) in [6, 6.07) is 0. The van der Waals surface area contributed by atoms with Crippen LogP contribution in [0.3, 0.4) is 0 Å². The van der Waals surface area contributed by atoms with Gasteiger partial charge in [0.2, 0.25) is 0 Å². The normalized spacial score (nSPS) is 9.13. The predicted molar refractivity (Wildman–Crippen MR) is 91.8 cm³/mol. The molecule has 0 bridgehead atoms. The van der Waals surface area contributed by atoms with Gasteiger partial charge >= 0.3 is 0 Å². The van der Waals surface area contributed by atoms with Gasteiger partial charge in [-0.15, -0.1) is 5.92 Å². The van der Waals surface area contributed by atoms with Crippen LogP contribution in [0.1, 0.15) is 32.6 Å². The third-order valence-electron chi connectivity index (χ3n) is 2.67. The molecule has 0 aromatic heterocycles. The van der Waals surface area contributed by atoms with E-state index in [4.69, 9.17) is 18.9 Å². The molecule has 128 valence electrons. The van der Waals surface area contributed by atoms with Crippen LogP contribution in [0, 0.1) is 35.5 Å². The zero-order valence-electron chi connectivity index (χ0n) is 14.4. The van der Waals surface area contributed by atoms with Crippen molar-refractivity contribution in [3.8, 4) is 35.5 Å². The van der Waals surface area contributed by atoms with Gasteiger partial charge in [0.15, 0.2) is 0 Å². The Hall–Kier alpha value is -1.48. The Kier molecular flexibility index (Phi) is 19.2. The first-order valence-corrected chi connectivity index (χ1v) is 7.95. The second-order valence-electron chi connectivity index (χ2n) is 4.58. The van der Waals surface area contributed by atoms with E-state index in [-0.39, 0.29) is 0 Å². The Morgan fingerprint density at radius 1 is 0.565 bits per heavy atom. The molecule has 0 atom stereocenters. The van der Waals surface area contributed by atoms with E-state index in [1.165, 1.54) is 0 Å². The van der Waals surface area contributed by atoms with Crippen molar-refractivity contribution < 1.29 is 18.9 Å². The average Bonchev–Trinajstić information content (AvgIpc) is 2.57. The van der Waals surface area contributed by atoms with Gasteiger partial charge in [-0.3, -0.25) is 0 Å². The SMILES string of the molecule is CC#CCOCC#CCOCCCCCCOCC#CCOC. The quantitative estimate of drug-likeness (QED) is 0.408. The molecule has 0 heterocycles. The van der Waals surface area contributed by atoms with Crippen LogP contribution < -0.4 is 0 Å². The second kappa shape index (κ2) is 20.5. The zero-order valence-corrected chi connectivity index (χ0v) is 14.4. The minimum Gasteiger partial charge on any atom is -0.372 e. The van der Waals surface area contributed by atoms with Gasteiger partial charge in [-0.05, 0) is 19.8 Å². The molecule has 0 rings (SSSR count). The van der Waals surface area contributed by atoms with Gasteiger partial charge in [0, 0.05) is 20.3 Å². The Bertz CT molecular complexity index is 425. The molecule has 0 radical (unpaired) electrons. The molecule has 0 saturated carbocycles. The lowest BCUT2D eigenvalue weighted by molar-refractivity contribution is 0.151. The van der Waals surface area contributed by atoms with Crippen molar-refractivity contribution in [3.05, 3.63) is 0 Å². The van der Waals surface area contributed by atoms with E-state index in [9.17, 15) is 0 Å². The van der Waals surface area contributed by atoms with Crippen LogP contribution in [-0.4, -0.2) is 53.4 Å². The summed E-state index contributed by atoms with van der Waals surface area (Å²) in [7, 11) is 1.63. The van der Waals surface area contributed by atoms with Crippen LogP contribution in [0.4, 0.5) is 0 Å². The minimum atomic E-state index is 0.411. The first kappa shape index (κ1) is 21.5. The Morgan fingerprint density at radius 3 is 1.57 bits per heavy atom. The number of rotatable bonds is 12. The molecule has 0 saturated heterocycles. The van der Waals surface area contributed by atoms with Crippen molar-refractivity contribution in [2.45, 2.75) is 32.6 Å². The van der Waals surface area contributed by atoms with Crippen molar-refractivity contribution in [1.82, 2.24) is 0 Å². The maximum Gasteiger partial charge on any atom is 0.109 e. The van der Waals surface area contributed by atoms with Crippen LogP contribution in [0.25, 0.3) is 0 Å². The first-order chi connectivity index (χ1) is 11.4. The second-order valence-corrected chi connectivity index (χ2v) is 4.58. The van der Waals surface area contributed by atoms with Gasteiger partial charge in [-0.2, -0.15) is 0 Å². The van der Waals surface area contributed by atoms with Gasteiger partial charge in [-0.1, -0.05) is 42.4 Å². The topological polar surface area (TPSA) is 36.9 Å². The van der Waals surface area contributed by atoms with Crippen LogP contribution in [-0.2, 0) is 18.9 Å². The number of methoxy groups -OCH3 is 1. The molecule has 0 aromatic carbocycles. The lowest BCUT2D eigenvalue weighted by atomic mass is 10.2. The molecule has 23 heavy (non-hydrogen) atoms. The number of hydrogen-bond acceptors (Lipinski definition) is 4. The zero-order chi connectivity index (χ0) is 16.8. The monoisotopic (exact) mass is 320 g/mol. The van der Waals surface area contributed by atoms with Crippen molar-refractivity contribution >= 4 is 0 Å². The summed E-state index contributed by atoms with van der Waals surface area (Å²) in [6.45, 7) is 5.56. The fraction of sp³-hybridized carbons (Fsp3) is 0.684. The van der Waals surface area contributed by atoms with E-state index in [1.54, 1.807) is 14.0 Å². The fourth-order valence-electron chi connectivity index (χ4n) is 1.51. The van der Waals surface area contributed by atoms with Gasteiger partial charge < -0.3 is 18.9 Å². The first-order valence-electron chi connectivity index (χ1n) is 7.95. The summed E-state index contributed by atoms with van der Waals surface area (Å²) in [5.41, 5.74) is 0. The molecular weight excluding hydrogens is 292 g/mol. The fourth-order valence-corrected chi connectivity index (χ4v) is 1.51. The van der Waals surface area contributed by atoms with E-state index in [2.05, 4.69) is 35.5 Å². The van der Waals surface area contributed by atoms with E-state index < -0.39 is 0 Å². The highest BCUT2D eigenvalue weighted by molar-refractivity contribution is 5.00. The van der Waals surface area contributed by atoms with Gasteiger partial charge in [0.25, 0.3) is 0 Å². The highest BCUT2D eigenvalue weighted by atomic mass is 16.5. The molecule has 0 N–H and O–H groups in total. The molecule has 0 aliphatic heterocycles. The number of ether oxygens (including phenoxy) is 4. The standard InChI is InChI=1S/C19H28O4/c1-3-4-14-21-18-11-12-19-23-16-8-6-5-7-15-22-17-10-9-13-20-2/h5-8,13-19H2,1-2H3. The summed E-state index contributed by atoms with van der Waals surface area (Å²) >= 11 is 0. The average molecular weight is 320 g/mol. The van der Waals surface area contributed by atoms with Crippen molar-refractivity contribution in [2.24, 2.45) is 0 Å². The highest BCUT2D eigenvalue weighted by Gasteiger charge is 1.91. The maximum atomic E-state index is 5.43. The van der Waals surface area contributed by atoms with E-state index in [1.807, 2.05) is 0 Å². The molecule has 0 amide bonds. The summed E-state index contributed by atoms with van der Waals surface area (Å²) in [5, 5.41) is 0. The maximum absolute atomic E-state index is 5.43. The molecule has 0 aliphatic carbocycles. The summed E-state index contributed by atoms with van der Waals surface area (Å²) < 4.78 is 20.8. The molecule has 0 aromatic rings. The van der Waals surface area contributed by atoms with Crippen molar-refractivity contribution in [3.63, 3.8) is 0 Å². The summed E-state index contributed by atoms with van der Waals surface area (Å²) in [5.74, 6) is 17.1. The Balaban J connectivity index is 3.14. The molecule has 0 aliphatic rings. The Morgan fingerprint density at radius 2 is 1.04 bits per heavy atom. The summed E-state index contributed by atoms with van der Waals surface area (Å²) in [4.78, 5) is 0. The van der Waals surface area contributed by atoms with Crippen LogP contribution in [0.5, 0.6) is 0 Å². The smallest absolute Gasteiger partial charge is 0.109 e. The largest absolute Gasteiger partial charge is 0.372 e. The van der Waals surface area contributed by atoms with Gasteiger partial charge in [-0.25, -0.2) is 0 Å². The lowest BCUT2D eigenvalue weighted by Gasteiger charge is -2.02. The lowest BCUT2D eigenvalue weighted by Crippen LogP contribution is -1.98. The highest BCUT2D eigenvalue weighted by Crippen LogP contribution is 2.00. The third-order valence-corrected chi connectivity index (χ3v) is 2.67. The number of hydrogen-bond donors (Lipinski definition) is 0. The Labute approximate surface area is 141 Å². The van der Waals surface area contributed by atoms with E-state index >= 15 is 0 Å².